The van der Waals surface area contributed by atoms with E-state index in [0.717, 1.165) is 42.8 Å². The van der Waals surface area contributed by atoms with Gasteiger partial charge >= 0.3 is 0 Å². The van der Waals surface area contributed by atoms with Gasteiger partial charge in [0.05, 0.1) is 28.7 Å². The molecule has 2 atom stereocenters. The van der Waals surface area contributed by atoms with Gasteiger partial charge < -0.3 is 14.3 Å². The van der Waals surface area contributed by atoms with E-state index in [1.54, 1.807) is 23.0 Å². The minimum Gasteiger partial charge on any atom is -0.487 e. The van der Waals surface area contributed by atoms with Crippen molar-refractivity contribution >= 4 is 33.0 Å². The van der Waals surface area contributed by atoms with Crippen LogP contribution in [-0.2, 0) is 6.54 Å². The third-order valence-electron chi connectivity index (χ3n) is 7.68. The van der Waals surface area contributed by atoms with E-state index in [0.29, 0.717) is 39.8 Å². The van der Waals surface area contributed by atoms with Crippen molar-refractivity contribution in [2.24, 2.45) is 0 Å². The zero-order valence-electron chi connectivity index (χ0n) is 20.3. The van der Waals surface area contributed by atoms with Gasteiger partial charge in [0.25, 0.3) is 11.1 Å². The molecule has 6 bridgehead atoms. The van der Waals surface area contributed by atoms with Crippen molar-refractivity contribution in [3.8, 4) is 22.7 Å². The molecule has 6 aromatic rings. The van der Waals surface area contributed by atoms with Crippen molar-refractivity contribution in [3.63, 3.8) is 0 Å². The second kappa shape index (κ2) is 7.90. The molecular weight excluding hydrogens is 482 g/mol. The number of fused-ring (bicyclic) bond motifs is 6. The van der Waals surface area contributed by atoms with Crippen LogP contribution < -0.4 is 15.9 Å². The number of pyridine rings is 1. The Morgan fingerprint density at radius 3 is 2.92 bits per heavy atom. The first-order valence-electron chi connectivity index (χ1n) is 12.7. The first-order valence-corrected chi connectivity index (χ1v) is 12.7. The number of nitrogens with one attached hydrogen (secondary N) is 2. The molecule has 38 heavy (non-hydrogen) atoms. The number of aromatic amines is 2. The molecule has 0 radical (unpaired) electrons. The van der Waals surface area contributed by atoms with E-state index in [1.165, 1.54) is 0 Å². The van der Waals surface area contributed by atoms with Gasteiger partial charge in [-0.2, -0.15) is 0 Å². The summed E-state index contributed by atoms with van der Waals surface area (Å²) in [7, 11) is 0. The summed E-state index contributed by atoms with van der Waals surface area (Å²) in [6.45, 7) is 2.87. The van der Waals surface area contributed by atoms with Gasteiger partial charge in [0.15, 0.2) is 0 Å². The minimum absolute atomic E-state index is 0.0352. The van der Waals surface area contributed by atoms with E-state index in [-0.39, 0.29) is 22.9 Å². The van der Waals surface area contributed by atoms with Crippen LogP contribution in [0.3, 0.4) is 0 Å². The van der Waals surface area contributed by atoms with Gasteiger partial charge in [0, 0.05) is 49.0 Å². The molecule has 8 rings (SSSR count). The Bertz CT molecular complexity index is 2010. The first kappa shape index (κ1) is 21.4. The Hall–Kier alpha value is -4.70. The highest BCUT2D eigenvalue weighted by Crippen LogP contribution is 2.32. The fourth-order valence-electron chi connectivity index (χ4n) is 5.79. The van der Waals surface area contributed by atoms with Crippen LogP contribution in [0.25, 0.3) is 49.9 Å². The standard InChI is InChI=1S/C28H23N7O3/c36-27-24-19-4-1-5-20-23(19)32-35(28(20)37)12-11-33-9-7-18(15-33)38-22-14-17(13-21(30-27)25(22)31-24)34-10-6-16-3-2-8-29-26(16)34/h1-6,8,10,13-14,18,32H,7,9,11-12,15H2,(H,30,36)/t18-/m0/s1. The Morgan fingerprint density at radius 2 is 1.97 bits per heavy atom. The monoisotopic (exact) mass is 505 g/mol. The summed E-state index contributed by atoms with van der Waals surface area (Å²) < 4.78 is 10.2. The lowest BCUT2D eigenvalue weighted by atomic mass is 10.1. The van der Waals surface area contributed by atoms with E-state index in [4.69, 9.17) is 9.72 Å². The summed E-state index contributed by atoms with van der Waals surface area (Å²) in [5.41, 5.74) is 3.78. The Balaban J connectivity index is 1.41. The number of aromatic nitrogens is 6. The molecule has 10 nitrogen and oxygen atoms in total. The SMILES string of the molecule is O=c1[nH]c2cc(-n3ccc4cccnc43)cc3c2nc1-c1cccc2c(=O)n([nH]c12)CCN1CC[C@@H](C1)O3. The maximum Gasteiger partial charge on any atom is 0.275 e. The van der Waals surface area contributed by atoms with Crippen LogP contribution in [0.5, 0.6) is 5.75 Å². The predicted molar refractivity (Wildman–Crippen MR) is 144 cm³/mol. The van der Waals surface area contributed by atoms with Gasteiger partial charge in [0.1, 0.15) is 28.7 Å². The molecule has 188 valence electrons. The van der Waals surface area contributed by atoms with Gasteiger partial charge in [-0.25, -0.2) is 9.97 Å². The fraction of sp³-hybridized carbons (Fsp3) is 0.214. The number of ether oxygens (including phenoxy) is 1. The highest BCUT2D eigenvalue weighted by atomic mass is 16.5. The molecule has 6 heterocycles. The lowest BCUT2D eigenvalue weighted by Crippen LogP contribution is -2.30. The largest absolute Gasteiger partial charge is 0.487 e. The summed E-state index contributed by atoms with van der Waals surface area (Å²) in [5.74, 6) is 0.606. The Kier molecular flexibility index (Phi) is 4.45. The molecule has 0 amide bonds. The normalized spacial score (nSPS) is 18.9. The molecule has 0 spiro atoms. The quantitative estimate of drug-likeness (QED) is 0.355. The molecule has 10 heteroatoms. The van der Waals surface area contributed by atoms with E-state index in [9.17, 15) is 9.59 Å². The maximum absolute atomic E-state index is 13.4. The number of nitrogens with zero attached hydrogens (tertiary/aromatic N) is 5. The van der Waals surface area contributed by atoms with Gasteiger partial charge in [-0.05, 0) is 36.8 Å². The van der Waals surface area contributed by atoms with Crippen molar-refractivity contribution in [1.29, 1.82) is 0 Å². The van der Waals surface area contributed by atoms with Crippen molar-refractivity contribution < 1.29 is 4.74 Å². The number of rotatable bonds is 1. The predicted octanol–water partition coefficient (Wildman–Crippen LogP) is 3.04. The average Bonchev–Trinajstić information content (AvgIpc) is 3.64. The van der Waals surface area contributed by atoms with Crippen molar-refractivity contribution in [1.82, 2.24) is 34.2 Å². The van der Waals surface area contributed by atoms with E-state index >= 15 is 0 Å². The van der Waals surface area contributed by atoms with E-state index in [2.05, 4.69) is 20.0 Å². The van der Waals surface area contributed by atoms with Crippen LogP contribution in [0.4, 0.5) is 0 Å². The van der Waals surface area contributed by atoms with Crippen LogP contribution in [0.2, 0.25) is 0 Å². The van der Waals surface area contributed by atoms with Crippen LogP contribution in [0.15, 0.2) is 70.5 Å². The third-order valence-corrected chi connectivity index (χ3v) is 7.68. The molecule has 0 saturated carbocycles. The highest BCUT2D eigenvalue weighted by Gasteiger charge is 2.26. The third kappa shape index (κ3) is 3.16. The molecule has 2 aromatic carbocycles. The van der Waals surface area contributed by atoms with Crippen molar-refractivity contribution in [2.45, 2.75) is 19.1 Å². The molecule has 2 N–H and O–H groups in total. The van der Waals surface area contributed by atoms with Gasteiger partial charge in [0.2, 0.25) is 0 Å². The average molecular weight is 506 g/mol. The summed E-state index contributed by atoms with van der Waals surface area (Å²) in [6, 6.07) is 15.2. The van der Waals surface area contributed by atoms with Crippen LogP contribution in [0.1, 0.15) is 6.42 Å². The molecular formula is C28H23N7O3. The second-order valence-corrected chi connectivity index (χ2v) is 9.98. The first-order chi connectivity index (χ1) is 18.6. The molecule has 2 aliphatic heterocycles. The molecule has 2 aliphatic rings. The summed E-state index contributed by atoms with van der Waals surface area (Å²) >= 11 is 0. The number of hydrogen-bond donors (Lipinski definition) is 2. The molecule has 1 saturated heterocycles. The molecule has 0 aliphatic carbocycles. The molecule has 1 unspecified atom stereocenters. The fourth-order valence-corrected chi connectivity index (χ4v) is 5.79. The summed E-state index contributed by atoms with van der Waals surface area (Å²) in [6.07, 6.45) is 4.56. The molecule has 1 fully saturated rings. The Morgan fingerprint density at radius 1 is 1.03 bits per heavy atom. The summed E-state index contributed by atoms with van der Waals surface area (Å²) in [5, 5.41) is 4.80. The topological polar surface area (TPSA) is 114 Å². The zero-order valence-corrected chi connectivity index (χ0v) is 20.3. The van der Waals surface area contributed by atoms with Gasteiger partial charge in [-0.1, -0.05) is 12.1 Å². The number of para-hydroxylation sites is 1. The van der Waals surface area contributed by atoms with E-state index in [1.807, 2.05) is 47.2 Å². The highest BCUT2D eigenvalue weighted by molar-refractivity contribution is 5.94. The lowest BCUT2D eigenvalue weighted by molar-refractivity contribution is 0.199. The van der Waals surface area contributed by atoms with Crippen LogP contribution >= 0.6 is 0 Å². The van der Waals surface area contributed by atoms with Crippen molar-refractivity contribution in [2.75, 3.05) is 19.6 Å². The number of benzene rings is 2. The minimum atomic E-state index is -0.337. The smallest absolute Gasteiger partial charge is 0.275 e. The molecule has 4 aromatic heterocycles. The van der Waals surface area contributed by atoms with Gasteiger partial charge in [-0.3, -0.25) is 24.3 Å². The lowest BCUT2D eigenvalue weighted by Gasteiger charge is -2.19. The number of H-pyrrole nitrogens is 2. The van der Waals surface area contributed by atoms with Crippen molar-refractivity contribution in [3.05, 3.63) is 81.6 Å². The van der Waals surface area contributed by atoms with Crippen LogP contribution in [0, 0.1) is 0 Å². The summed E-state index contributed by atoms with van der Waals surface area (Å²) in [4.78, 5) is 41.3. The van der Waals surface area contributed by atoms with E-state index < -0.39 is 0 Å². The Labute approximate surface area is 215 Å². The van der Waals surface area contributed by atoms with Gasteiger partial charge in [-0.15, -0.1) is 0 Å². The number of hydrogen-bond acceptors (Lipinski definition) is 6. The zero-order chi connectivity index (χ0) is 25.4. The second-order valence-electron chi connectivity index (χ2n) is 9.98. The van der Waals surface area contributed by atoms with Crippen LogP contribution in [-0.4, -0.2) is 59.9 Å². The maximum atomic E-state index is 13.4.